The van der Waals surface area contributed by atoms with E-state index in [0.29, 0.717) is 25.0 Å². The van der Waals surface area contributed by atoms with Crippen molar-refractivity contribution in [3.8, 4) is 0 Å². The van der Waals surface area contributed by atoms with Gasteiger partial charge in [-0.3, -0.25) is 9.48 Å². The van der Waals surface area contributed by atoms with Gasteiger partial charge in [0.25, 0.3) is 0 Å². The van der Waals surface area contributed by atoms with Gasteiger partial charge in [0.1, 0.15) is 0 Å². The van der Waals surface area contributed by atoms with E-state index in [1.807, 2.05) is 12.3 Å². The summed E-state index contributed by atoms with van der Waals surface area (Å²) >= 11 is 0. The van der Waals surface area contributed by atoms with Crippen LogP contribution in [0.15, 0.2) is 18.5 Å². The Balaban J connectivity index is 1.67. The van der Waals surface area contributed by atoms with Crippen LogP contribution in [0.3, 0.4) is 0 Å². The average molecular weight is 236 g/mol. The molecule has 1 aromatic heterocycles. The second-order valence-electron chi connectivity index (χ2n) is 4.70. The number of hydrogen-bond acceptors (Lipinski definition) is 3. The lowest BCUT2D eigenvalue weighted by Crippen LogP contribution is -2.40. The Labute approximate surface area is 101 Å². The first-order chi connectivity index (χ1) is 8.24. The highest BCUT2D eigenvalue weighted by molar-refractivity contribution is 5.76. The average Bonchev–Trinajstić information content (AvgIpc) is 2.83. The molecule has 1 aliphatic rings. The normalized spacial score (nSPS) is 24.5. The fraction of sp³-hybridized carbons (Fsp3) is 0.667. The Morgan fingerprint density at radius 1 is 1.41 bits per heavy atom. The van der Waals surface area contributed by atoms with Crippen LogP contribution in [0.4, 0.5) is 0 Å². The molecule has 0 bridgehead atoms. The standard InChI is InChI=1S/C12H20N4O/c13-10-2-4-11(5-3-10)15-12(17)6-9-16-8-1-7-14-16/h1,7-8,10-11H,2-6,9,13H2,(H,15,17). The lowest BCUT2D eigenvalue weighted by atomic mass is 9.92. The molecule has 1 fully saturated rings. The zero-order valence-electron chi connectivity index (χ0n) is 10.0. The SMILES string of the molecule is NC1CCC(NC(=O)CCn2cccn2)CC1. The van der Waals surface area contributed by atoms with E-state index in [9.17, 15) is 4.79 Å². The summed E-state index contributed by atoms with van der Waals surface area (Å²) in [4.78, 5) is 11.7. The van der Waals surface area contributed by atoms with Crippen molar-refractivity contribution >= 4 is 5.91 Å². The van der Waals surface area contributed by atoms with E-state index < -0.39 is 0 Å². The number of nitrogens with one attached hydrogen (secondary N) is 1. The molecule has 5 nitrogen and oxygen atoms in total. The minimum absolute atomic E-state index is 0.112. The fourth-order valence-corrected chi connectivity index (χ4v) is 2.21. The number of carbonyl (C=O) groups is 1. The molecule has 1 heterocycles. The quantitative estimate of drug-likeness (QED) is 0.806. The van der Waals surface area contributed by atoms with Crippen LogP contribution >= 0.6 is 0 Å². The molecule has 5 heteroatoms. The summed E-state index contributed by atoms with van der Waals surface area (Å²) in [5, 5.41) is 7.13. The molecule has 2 rings (SSSR count). The summed E-state index contributed by atoms with van der Waals surface area (Å²) in [6.07, 6.45) is 8.13. The molecule has 0 spiro atoms. The highest BCUT2D eigenvalue weighted by Crippen LogP contribution is 2.16. The minimum atomic E-state index is 0.112. The number of aromatic nitrogens is 2. The van der Waals surface area contributed by atoms with Crippen LogP contribution in [0, 0.1) is 0 Å². The first kappa shape index (κ1) is 12.1. The number of carbonyl (C=O) groups excluding carboxylic acids is 1. The molecule has 0 aliphatic heterocycles. The summed E-state index contributed by atoms with van der Waals surface area (Å²) in [6.45, 7) is 0.644. The number of nitrogens with zero attached hydrogens (tertiary/aromatic N) is 2. The lowest BCUT2D eigenvalue weighted by Gasteiger charge is -2.26. The number of hydrogen-bond donors (Lipinski definition) is 2. The van der Waals surface area contributed by atoms with E-state index in [-0.39, 0.29) is 5.91 Å². The number of rotatable bonds is 4. The third-order valence-electron chi connectivity index (χ3n) is 3.26. The Morgan fingerprint density at radius 3 is 2.82 bits per heavy atom. The van der Waals surface area contributed by atoms with Gasteiger partial charge >= 0.3 is 0 Å². The lowest BCUT2D eigenvalue weighted by molar-refractivity contribution is -0.122. The topological polar surface area (TPSA) is 72.9 Å². The molecule has 17 heavy (non-hydrogen) atoms. The molecule has 0 radical (unpaired) electrons. The maximum Gasteiger partial charge on any atom is 0.222 e. The minimum Gasteiger partial charge on any atom is -0.353 e. The van der Waals surface area contributed by atoms with Crippen molar-refractivity contribution in [3.05, 3.63) is 18.5 Å². The van der Waals surface area contributed by atoms with Gasteiger partial charge in [-0.2, -0.15) is 5.10 Å². The zero-order valence-corrected chi connectivity index (χ0v) is 10.0. The predicted octanol–water partition coefficient (Wildman–Crippen LogP) is 0.659. The van der Waals surface area contributed by atoms with Crippen molar-refractivity contribution in [3.63, 3.8) is 0 Å². The molecule has 0 aromatic carbocycles. The third kappa shape index (κ3) is 3.85. The van der Waals surface area contributed by atoms with Crippen LogP contribution in [-0.2, 0) is 11.3 Å². The Morgan fingerprint density at radius 2 is 2.18 bits per heavy atom. The van der Waals surface area contributed by atoms with Gasteiger partial charge in [-0.05, 0) is 31.7 Å². The Kier molecular flexibility index (Phi) is 4.14. The number of aryl methyl sites for hydroxylation is 1. The van der Waals surface area contributed by atoms with Gasteiger partial charge in [0.05, 0.1) is 0 Å². The molecule has 0 unspecified atom stereocenters. The zero-order chi connectivity index (χ0) is 12.1. The molecule has 0 atom stereocenters. The van der Waals surface area contributed by atoms with Crippen molar-refractivity contribution in [2.24, 2.45) is 5.73 Å². The first-order valence-corrected chi connectivity index (χ1v) is 6.26. The van der Waals surface area contributed by atoms with E-state index in [1.54, 1.807) is 10.9 Å². The van der Waals surface area contributed by atoms with Crippen LogP contribution in [-0.4, -0.2) is 27.8 Å². The van der Waals surface area contributed by atoms with E-state index in [0.717, 1.165) is 25.7 Å². The van der Waals surface area contributed by atoms with Gasteiger partial charge in [0, 0.05) is 37.4 Å². The fourth-order valence-electron chi connectivity index (χ4n) is 2.21. The van der Waals surface area contributed by atoms with Crippen molar-refractivity contribution in [2.75, 3.05) is 0 Å². The molecule has 94 valence electrons. The highest BCUT2D eigenvalue weighted by Gasteiger charge is 2.19. The molecule has 1 saturated carbocycles. The predicted molar refractivity (Wildman–Crippen MR) is 65.2 cm³/mol. The molecule has 1 aliphatic carbocycles. The molecule has 1 amide bonds. The summed E-state index contributed by atoms with van der Waals surface area (Å²) in [7, 11) is 0. The molecule has 3 N–H and O–H groups in total. The van der Waals surface area contributed by atoms with Crippen molar-refractivity contribution in [2.45, 2.75) is 50.7 Å². The van der Waals surface area contributed by atoms with Crippen molar-refractivity contribution < 1.29 is 4.79 Å². The number of amides is 1. The van der Waals surface area contributed by atoms with Gasteiger partial charge in [-0.25, -0.2) is 0 Å². The summed E-state index contributed by atoms with van der Waals surface area (Å²) < 4.78 is 1.77. The Bertz CT molecular complexity index is 341. The maximum absolute atomic E-state index is 11.7. The van der Waals surface area contributed by atoms with Crippen LogP contribution < -0.4 is 11.1 Å². The van der Waals surface area contributed by atoms with Crippen LogP contribution in [0.5, 0.6) is 0 Å². The van der Waals surface area contributed by atoms with Crippen LogP contribution in [0.25, 0.3) is 0 Å². The van der Waals surface area contributed by atoms with Gasteiger partial charge in [-0.15, -0.1) is 0 Å². The van der Waals surface area contributed by atoms with Gasteiger partial charge in [0.15, 0.2) is 0 Å². The molecular formula is C12H20N4O. The van der Waals surface area contributed by atoms with Crippen LogP contribution in [0.2, 0.25) is 0 Å². The van der Waals surface area contributed by atoms with Crippen LogP contribution in [0.1, 0.15) is 32.1 Å². The second-order valence-corrected chi connectivity index (χ2v) is 4.70. The summed E-state index contributed by atoms with van der Waals surface area (Å²) in [5.74, 6) is 0.112. The van der Waals surface area contributed by atoms with E-state index in [1.165, 1.54) is 0 Å². The van der Waals surface area contributed by atoms with Gasteiger partial charge < -0.3 is 11.1 Å². The second kappa shape index (κ2) is 5.82. The Hall–Kier alpha value is -1.36. The highest BCUT2D eigenvalue weighted by atomic mass is 16.1. The molecule has 0 saturated heterocycles. The molecular weight excluding hydrogens is 216 g/mol. The maximum atomic E-state index is 11.7. The monoisotopic (exact) mass is 236 g/mol. The van der Waals surface area contributed by atoms with Crippen molar-refractivity contribution in [1.82, 2.24) is 15.1 Å². The third-order valence-corrected chi connectivity index (χ3v) is 3.26. The van der Waals surface area contributed by atoms with Gasteiger partial charge in [0.2, 0.25) is 5.91 Å². The summed E-state index contributed by atoms with van der Waals surface area (Å²) in [5.41, 5.74) is 5.83. The van der Waals surface area contributed by atoms with E-state index in [4.69, 9.17) is 5.73 Å². The molecule has 1 aromatic rings. The van der Waals surface area contributed by atoms with Gasteiger partial charge in [-0.1, -0.05) is 0 Å². The first-order valence-electron chi connectivity index (χ1n) is 6.26. The summed E-state index contributed by atoms with van der Waals surface area (Å²) in [6, 6.07) is 2.51. The largest absolute Gasteiger partial charge is 0.353 e. The van der Waals surface area contributed by atoms with Crippen molar-refractivity contribution in [1.29, 1.82) is 0 Å². The smallest absolute Gasteiger partial charge is 0.222 e. The number of nitrogens with two attached hydrogens (primary N) is 1. The van der Waals surface area contributed by atoms with E-state index >= 15 is 0 Å². The van der Waals surface area contributed by atoms with E-state index in [2.05, 4.69) is 10.4 Å².